The average Bonchev–Trinajstić information content (AvgIpc) is 2.62. The summed E-state index contributed by atoms with van der Waals surface area (Å²) >= 11 is 0. The van der Waals surface area contributed by atoms with Gasteiger partial charge in [0.2, 0.25) is 0 Å². The van der Waals surface area contributed by atoms with Crippen LogP contribution in [0.1, 0.15) is 0 Å². The van der Waals surface area contributed by atoms with Gasteiger partial charge >= 0.3 is 0 Å². The SMILES string of the molecule is [Y].[Y].[Y].[c-]1ccc(-c2[c-]ccc3ccccc23)[c-]c1-c1[c-]cccc1. The Kier molecular flexibility index (Phi) is 10.6. The molecule has 113 valence electrons. The van der Waals surface area contributed by atoms with E-state index in [0.29, 0.717) is 0 Å². The maximum Gasteiger partial charge on any atom is 0 e. The van der Waals surface area contributed by atoms with Gasteiger partial charge in [-0.15, -0.1) is 35.0 Å². The van der Waals surface area contributed by atoms with E-state index in [0.717, 1.165) is 22.3 Å². The number of hydrogen-bond donors (Lipinski definition) is 0. The molecule has 0 aromatic heterocycles. The summed E-state index contributed by atoms with van der Waals surface area (Å²) in [6.07, 6.45) is 0. The van der Waals surface area contributed by atoms with E-state index in [1.54, 1.807) is 0 Å². The minimum absolute atomic E-state index is 0. The van der Waals surface area contributed by atoms with Crippen LogP contribution in [0.15, 0.2) is 72.8 Å². The third-order valence-corrected chi connectivity index (χ3v) is 3.71. The molecule has 0 saturated carbocycles. The van der Waals surface area contributed by atoms with Crippen LogP contribution in [0, 0.1) is 24.3 Å². The van der Waals surface area contributed by atoms with Gasteiger partial charge < -0.3 is 23.3 Å². The van der Waals surface area contributed by atoms with Gasteiger partial charge in [-0.05, 0) is 0 Å². The monoisotopic (exact) mass is 543 g/mol. The first-order chi connectivity index (χ1) is 10.9. The normalized spacial score (nSPS) is 9.44. The summed E-state index contributed by atoms with van der Waals surface area (Å²) in [4.78, 5) is 0. The van der Waals surface area contributed by atoms with E-state index >= 15 is 0 Å². The van der Waals surface area contributed by atoms with Crippen LogP contribution < -0.4 is 0 Å². The van der Waals surface area contributed by atoms with Gasteiger partial charge in [-0.3, -0.25) is 17.7 Å². The van der Waals surface area contributed by atoms with Gasteiger partial charge in [-0.1, -0.05) is 24.3 Å². The molecule has 4 aromatic carbocycles. The second-order valence-electron chi connectivity index (χ2n) is 5.11. The Hall–Kier alpha value is 0.452. The minimum atomic E-state index is 0. The van der Waals surface area contributed by atoms with Gasteiger partial charge in [0.05, 0.1) is 0 Å². The quantitative estimate of drug-likeness (QED) is 0.299. The maximum absolute atomic E-state index is 3.45. The molecule has 3 heteroatoms. The molecule has 4 rings (SSSR count). The smallest absolute Gasteiger partial charge is 0 e. The molecule has 0 spiro atoms. The summed E-state index contributed by atoms with van der Waals surface area (Å²) in [7, 11) is 0. The van der Waals surface area contributed by atoms with Crippen molar-refractivity contribution in [3.8, 4) is 22.3 Å². The fraction of sp³-hybridized carbons (Fsp3) is 0. The second kappa shape index (κ2) is 11.3. The Labute approximate surface area is 224 Å². The fourth-order valence-corrected chi connectivity index (χ4v) is 2.65. The summed E-state index contributed by atoms with van der Waals surface area (Å²) < 4.78 is 0. The van der Waals surface area contributed by atoms with Crippen molar-refractivity contribution in [3.63, 3.8) is 0 Å². The van der Waals surface area contributed by atoms with Gasteiger partial charge in [-0.25, -0.2) is 12.1 Å². The van der Waals surface area contributed by atoms with Crippen LogP contribution in [-0.4, -0.2) is 0 Å². The summed E-state index contributed by atoms with van der Waals surface area (Å²) in [6.45, 7) is 0. The largest absolute Gasteiger partial charge is 0.379 e. The van der Waals surface area contributed by atoms with Gasteiger partial charge in [0, 0.05) is 98.1 Å². The summed E-state index contributed by atoms with van der Waals surface area (Å²) in [5.74, 6) is 0. The minimum Gasteiger partial charge on any atom is -0.379 e. The van der Waals surface area contributed by atoms with Crippen molar-refractivity contribution in [3.05, 3.63) is 97.1 Å². The molecular weight excluding hydrogens is 531 g/mol. The number of benzene rings is 4. The maximum atomic E-state index is 3.45. The zero-order chi connectivity index (χ0) is 14.8. The van der Waals surface area contributed by atoms with Crippen molar-refractivity contribution in [2.45, 2.75) is 0 Å². The molecule has 0 bridgehead atoms. The molecule has 4 aromatic rings. The molecular formula is C22H12Y3-4. The van der Waals surface area contributed by atoms with E-state index in [9.17, 15) is 0 Å². The standard InChI is InChI=1S/C22H12.3Y/c1-2-8-17(9-3-1)19-12-6-13-20(16-19)22-15-7-11-18-10-4-5-14-21(18)22;;;/h1-8,10-11,13-14H;;;/q-4;;;. The zero-order valence-electron chi connectivity index (χ0n) is 13.7. The van der Waals surface area contributed by atoms with Crippen molar-refractivity contribution in [1.82, 2.24) is 0 Å². The van der Waals surface area contributed by atoms with Crippen LogP contribution in [0.25, 0.3) is 33.0 Å². The van der Waals surface area contributed by atoms with Crippen LogP contribution in [0.3, 0.4) is 0 Å². The second-order valence-corrected chi connectivity index (χ2v) is 5.11. The van der Waals surface area contributed by atoms with Crippen molar-refractivity contribution >= 4 is 10.8 Å². The molecule has 0 fully saturated rings. The fourth-order valence-electron chi connectivity index (χ4n) is 2.65. The molecule has 3 radical (unpaired) electrons. The molecule has 0 aliphatic rings. The zero-order valence-corrected chi connectivity index (χ0v) is 22.2. The Balaban J connectivity index is 0.00000104. The first kappa shape index (κ1) is 23.5. The van der Waals surface area contributed by atoms with Crippen molar-refractivity contribution < 1.29 is 98.1 Å². The number of rotatable bonds is 2. The summed E-state index contributed by atoms with van der Waals surface area (Å²) in [5, 5.41) is 2.40. The first-order valence-corrected chi connectivity index (χ1v) is 7.23. The molecule has 0 aliphatic carbocycles. The molecule has 0 atom stereocenters. The van der Waals surface area contributed by atoms with Crippen molar-refractivity contribution in [2.24, 2.45) is 0 Å². The van der Waals surface area contributed by atoms with E-state index < -0.39 is 0 Å². The summed E-state index contributed by atoms with van der Waals surface area (Å²) in [5.41, 5.74) is 4.04. The van der Waals surface area contributed by atoms with Crippen molar-refractivity contribution in [1.29, 1.82) is 0 Å². The van der Waals surface area contributed by atoms with E-state index in [2.05, 4.69) is 54.6 Å². The third-order valence-electron chi connectivity index (χ3n) is 3.71. The molecule has 0 saturated heterocycles. The molecule has 0 heterocycles. The van der Waals surface area contributed by atoms with E-state index in [1.165, 1.54) is 10.8 Å². The predicted octanol–water partition coefficient (Wildman–Crippen LogP) is 5.37. The molecule has 25 heavy (non-hydrogen) atoms. The molecule has 0 amide bonds. The van der Waals surface area contributed by atoms with Gasteiger partial charge in [-0.2, -0.15) is 17.7 Å². The van der Waals surface area contributed by atoms with Crippen LogP contribution in [-0.2, 0) is 98.1 Å². The summed E-state index contributed by atoms with van der Waals surface area (Å²) in [6, 6.07) is 37.6. The van der Waals surface area contributed by atoms with Crippen LogP contribution in [0.4, 0.5) is 0 Å². The van der Waals surface area contributed by atoms with E-state index in [-0.39, 0.29) is 98.1 Å². The number of fused-ring (bicyclic) bond motifs is 1. The Morgan fingerprint density at radius 1 is 0.560 bits per heavy atom. The Bertz CT molecular complexity index is 928. The van der Waals surface area contributed by atoms with Crippen LogP contribution in [0.5, 0.6) is 0 Å². The molecule has 0 nitrogen and oxygen atoms in total. The van der Waals surface area contributed by atoms with Gasteiger partial charge in [0.15, 0.2) is 0 Å². The first-order valence-electron chi connectivity index (χ1n) is 7.23. The number of hydrogen-bond acceptors (Lipinski definition) is 0. The van der Waals surface area contributed by atoms with Gasteiger partial charge in [0.1, 0.15) is 0 Å². The topological polar surface area (TPSA) is 0 Å². The molecule has 0 unspecified atom stereocenters. The van der Waals surface area contributed by atoms with Crippen molar-refractivity contribution in [2.75, 3.05) is 0 Å². The van der Waals surface area contributed by atoms with Crippen LogP contribution >= 0.6 is 0 Å². The third kappa shape index (κ3) is 5.47. The molecule has 0 aliphatic heterocycles. The van der Waals surface area contributed by atoms with Crippen LogP contribution in [0.2, 0.25) is 0 Å². The van der Waals surface area contributed by atoms with E-state index in [4.69, 9.17) is 0 Å². The van der Waals surface area contributed by atoms with Gasteiger partial charge in [0.25, 0.3) is 0 Å². The van der Waals surface area contributed by atoms with E-state index in [1.807, 2.05) is 42.5 Å². The Morgan fingerprint density at radius 3 is 2.12 bits per heavy atom. The Morgan fingerprint density at radius 2 is 1.32 bits per heavy atom. The molecule has 0 N–H and O–H groups in total. The predicted molar refractivity (Wildman–Crippen MR) is 90.2 cm³/mol. The average molecular weight is 543 g/mol.